The molecule has 2 saturated carbocycles. The van der Waals surface area contributed by atoms with Crippen molar-refractivity contribution >= 4 is 0 Å². The van der Waals surface area contributed by atoms with E-state index in [2.05, 4.69) is 24.8 Å². The minimum absolute atomic E-state index is 0.617. The number of ether oxygens (including phenoxy) is 1. The van der Waals surface area contributed by atoms with Crippen molar-refractivity contribution in [2.45, 2.75) is 89.4 Å². The number of unbranched alkanes of at least 4 members (excludes halogenated alkanes) is 2. The van der Waals surface area contributed by atoms with E-state index in [0.29, 0.717) is 5.41 Å². The van der Waals surface area contributed by atoms with Crippen LogP contribution in [0.25, 0.3) is 0 Å². The fourth-order valence-corrected chi connectivity index (χ4v) is 6.24. The molecular weight excluding hydrogens is 328 g/mol. The first kappa shape index (κ1) is 19.2. The molecule has 1 unspecified atom stereocenters. The first-order valence-electron chi connectivity index (χ1n) is 11.4. The summed E-state index contributed by atoms with van der Waals surface area (Å²) < 4.78 is 5.17. The molecular formula is C26H38O. The molecule has 0 heterocycles. The number of rotatable bonds is 7. The Labute approximate surface area is 166 Å². The Morgan fingerprint density at radius 1 is 1.07 bits per heavy atom. The molecule has 2 fully saturated rings. The Morgan fingerprint density at radius 2 is 2.00 bits per heavy atom. The zero-order valence-corrected chi connectivity index (χ0v) is 17.4. The van der Waals surface area contributed by atoms with Crippen LogP contribution in [0.4, 0.5) is 0 Å². The number of methoxy groups -OCH3 is 1. The predicted molar refractivity (Wildman–Crippen MR) is 114 cm³/mol. The molecule has 3 atom stereocenters. The first-order chi connectivity index (χ1) is 13.2. The van der Waals surface area contributed by atoms with E-state index in [4.69, 9.17) is 4.74 Å². The van der Waals surface area contributed by atoms with Crippen molar-refractivity contribution in [3.63, 3.8) is 0 Å². The second-order valence-electron chi connectivity index (χ2n) is 9.85. The van der Waals surface area contributed by atoms with Crippen LogP contribution in [-0.4, -0.2) is 13.7 Å². The van der Waals surface area contributed by atoms with E-state index in [9.17, 15) is 0 Å². The van der Waals surface area contributed by atoms with Gasteiger partial charge >= 0.3 is 0 Å². The Morgan fingerprint density at radius 3 is 2.81 bits per heavy atom. The van der Waals surface area contributed by atoms with Crippen molar-refractivity contribution in [2.75, 3.05) is 13.7 Å². The lowest BCUT2D eigenvalue weighted by Crippen LogP contribution is -2.15. The van der Waals surface area contributed by atoms with Gasteiger partial charge in [0.1, 0.15) is 0 Å². The van der Waals surface area contributed by atoms with E-state index in [1.165, 1.54) is 89.0 Å². The Bertz CT molecular complexity index is 660. The third-order valence-corrected chi connectivity index (χ3v) is 7.83. The molecule has 0 bridgehead atoms. The number of fused-ring (bicyclic) bond motifs is 1. The van der Waals surface area contributed by atoms with Crippen LogP contribution < -0.4 is 0 Å². The third-order valence-electron chi connectivity index (χ3n) is 7.83. The van der Waals surface area contributed by atoms with Crippen molar-refractivity contribution in [2.24, 2.45) is 11.3 Å². The van der Waals surface area contributed by atoms with Crippen LogP contribution in [0.5, 0.6) is 0 Å². The quantitative estimate of drug-likeness (QED) is 0.373. The van der Waals surface area contributed by atoms with Crippen molar-refractivity contribution in [3.05, 3.63) is 47.0 Å². The molecule has 4 rings (SSSR count). The van der Waals surface area contributed by atoms with E-state index in [1.807, 2.05) is 7.11 Å². The molecule has 27 heavy (non-hydrogen) atoms. The van der Waals surface area contributed by atoms with Crippen molar-refractivity contribution in [3.8, 4) is 0 Å². The van der Waals surface area contributed by atoms with E-state index in [0.717, 1.165) is 18.4 Å². The molecule has 3 aliphatic carbocycles. The van der Waals surface area contributed by atoms with Crippen LogP contribution >= 0.6 is 0 Å². The second kappa shape index (κ2) is 8.52. The standard InChI is InChI=1S/C26H38O/c1-20-11-13-26(18-20)14-12-25(19-26)24-10-9-22-16-21(7-8-23(22)17-24)6-4-3-5-15-27-2/h9-10,17,21,25H,1,3-8,11-16,18-19H2,2H3/t21?,25-,26+/m1/s1. The highest BCUT2D eigenvalue weighted by Crippen LogP contribution is 2.56. The fourth-order valence-electron chi connectivity index (χ4n) is 6.24. The lowest BCUT2D eigenvalue weighted by Gasteiger charge is -2.26. The van der Waals surface area contributed by atoms with Gasteiger partial charge in [-0.1, -0.05) is 49.6 Å². The lowest BCUT2D eigenvalue weighted by atomic mass is 9.79. The maximum atomic E-state index is 5.17. The maximum absolute atomic E-state index is 5.17. The molecule has 0 radical (unpaired) electrons. The van der Waals surface area contributed by atoms with Crippen LogP contribution in [0.1, 0.15) is 93.2 Å². The predicted octanol–water partition coefficient (Wildman–Crippen LogP) is 6.99. The summed E-state index contributed by atoms with van der Waals surface area (Å²) in [4.78, 5) is 0. The van der Waals surface area contributed by atoms with Crippen LogP contribution in [0.3, 0.4) is 0 Å². The SMILES string of the molecule is C=C1CC[C@]2(CC[C@@H](c3ccc4c(c3)CCC(CCCCCOC)C4)C2)C1. The summed E-state index contributed by atoms with van der Waals surface area (Å²) in [5.41, 5.74) is 7.08. The van der Waals surface area contributed by atoms with Crippen LogP contribution in [0.15, 0.2) is 30.4 Å². The summed E-state index contributed by atoms with van der Waals surface area (Å²) in [7, 11) is 1.81. The minimum Gasteiger partial charge on any atom is -0.385 e. The highest BCUT2D eigenvalue weighted by Gasteiger charge is 2.42. The van der Waals surface area contributed by atoms with Gasteiger partial charge in [-0.3, -0.25) is 0 Å². The second-order valence-corrected chi connectivity index (χ2v) is 9.85. The smallest absolute Gasteiger partial charge is 0.0462 e. The largest absolute Gasteiger partial charge is 0.385 e. The molecule has 0 aromatic heterocycles. The molecule has 148 valence electrons. The van der Waals surface area contributed by atoms with Gasteiger partial charge in [0.15, 0.2) is 0 Å². The number of allylic oxidation sites excluding steroid dienone is 1. The Balaban J connectivity index is 1.32. The van der Waals surface area contributed by atoms with Gasteiger partial charge < -0.3 is 4.74 Å². The van der Waals surface area contributed by atoms with Gasteiger partial charge in [0.25, 0.3) is 0 Å². The normalized spacial score (nSPS) is 30.2. The summed E-state index contributed by atoms with van der Waals surface area (Å²) in [5, 5.41) is 0. The summed E-state index contributed by atoms with van der Waals surface area (Å²) in [5.74, 6) is 1.71. The van der Waals surface area contributed by atoms with E-state index < -0.39 is 0 Å². The molecule has 1 aromatic carbocycles. The molecule has 3 aliphatic rings. The van der Waals surface area contributed by atoms with E-state index >= 15 is 0 Å². The minimum atomic E-state index is 0.617. The zero-order valence-electron chi connectivity index (χ0n) is 17.4. The maximum Gasteiger partial charge on any atom is 0.0462 e. The van der Waals surface area contributed by atoms with Crippen LogP contribution in [-0.2, 0) is 17.6 Å². The monoisotopic (exact) mass is 366 g/mol. The topological polar surface area (TPSA) is 9.23 Å². The molecule has 1 aromatic rings. The number of aryl methyl sites for hydroxylation is 1. The Kier molecular flexibility index (Phi) is 6.07. The fraction of sp³-hybridized carbons (Fsp3) is 0.692. The lowest BCUT2D eigenvalue weighted by molar-refractivity contribution is 0.191. The summed E-state index contributed by atoms with van der Waals surface area (Å²) >= 11 is 0. The average molecular weight is 367 g/mol. The molecule has 1 nitrogen and oxygen atoms in total. The highest BCUT2D eigenvalue weighted by atomic mass is 16.5. The van der Waals surface area contributed by atoms with Gasteiger partial charge in [0.05, 0.1) is 0 Å². The van der Waals surface area contributed by atoms with Crippen molar-refractivity contribution in [1.82, 2.24) is 0 Å². The average Bonchev–Trinajstić information content (AvgIpc) is 3.27. The van der Waals surface area contributed by atoms with Gasteiger partial charge in [0, 0.05) is 13.7 Å². The molecule has 0 saturated heterocycles. The van der Waals surface area contributed by atoms with E-state index in [-0.39, 0.29) is 0 Å². The summed E-state index contributed by atoms with van der Waals surface area (Å²) in [6, 6.07) is 7.56. The van der Waals surface area contributed by atoms with Crippen LogP contribution in [0.2, 0.25) is 0 Å². The highest BCUT2D eigenvalue weighted by molar-refractivity contribution is 5.36. The van der Waals surface area contributed by atoms with Crippen LogP contribution in [0, 0.1) is 11.3 Å². The zero-order chi connectivity index (χ0) is 18.7. The number of benzene rings is 1. The van der Waals surface area contributed by atoms with Gasteiger partial charge in [-0.15, -0.1) is 0 Å². The first-order valence-corrected chi connectivity index (χ1v) is 11.4. The Hall–Kier alpha value is -1.08. The third kappa shape index (κ3) is 4.50. The molecule has 1 heteroatoms. The number of hydrogen-bond acceptors (Lipinski definition) is 1. The van der Waals surface area contributed by atoms with E-state index in [1.54, 1.807) is 16.7 Å². The summed E-state index contributed by atoms with van der Waals surface area (Å²) in [6.07, 6.45) is 17.6. The molecule has 0 N–H and O–H groups in total. The molecule has 0 amide bonds. The van der Waals surface area contributed by atoms with Crippen molar-refractivity contribution < 1.29 is 4.74 Å². The van der Waals surface area contributed by atoms with Gasteiger partial charge in [-0.25, -0.2) is 0 Å². The van der Waals surface area contributed by atoms with Gasteiger partial charge in [-0.05, 0) is 98.1 Å². The number of hydrogen-bond donors (Lipinski definition) is 0. The molecule has 0 aliphatic heterocycles. The van der Waals surface area contributed by atoms with Gasteiger partial charge in [-0.2, -0.15) is 0 Å². The van der Waals surface area contributed by atoms with Gasteiger partial charge in [0.2, 0.25) is 0 Å². The van der Waals surface area contributed by atoms with Crippen molar-refractivity contribution in [1.29, 1.82) is 0 Å². The molecule has 1 spiro atoms. The summed E-state index contributed by atoms with van der Waals surface area (Å²) in [6.45, 7) is 5.19.